The molecule has 0 radical (unpaired) electrons. The molecule has 28 heavy (non-hydrogen) atoms. The summed E-state index contributed by atoms with van der Waals surface area (Å²) in [5, 5.41) is 17.3. The Labute approximate surface area is 160 Å². The molecule has 1 aromatic carbocycles. The van der Waals surface area contributed by atoms with E-state index in [0.717, 1.165) is 12.8 Å². The SMILES string of the molecule is COc1ccc(-c2nnc(C)o2)cc1NC(=O)N[C@@H](C)c1nc(C2CC2)no1. The number of anilines is 1. The monoisotopic (exact) mass is 384 g/mol. The van der Waals surface area contributed by atoms with Gasteiger partial charge in [-0.2, -0.15) is 4.98 Å². The van der Waals surface area contributed by atoms with E-state index in [1.165, 1.54) is 7.11 Å². The summed E-state index contributed by atoms with van der Waals surface area (Å²) in [5.74, 6) is 2.77. The summed E-state index contributed by atoms with van der Waals surface area (Å²) in [6, 6.07) is 4.32. The lowest BCUT2D eigenvalue weighted by atomic mass is 10.2. The molecule has 0 unspecified atom stereocenters. The van der Waals surface area contributed by atoms with Crippen molar-refractivity contribution >= 4 is 11.7 Å². The van der Waals surface area contributed by atoms with Gasteiger partial charge in [0.1, 0.15) is 11.8 Å². The fourth-order valence-electron chi connectivity index (χ4n) is 2.70. The third-order valence-corrected chi connectivity index (χ3v) is 4.34. The molecule has 0 saturated heterocycles. The van der Waals surface area contributed by atoms with Crippen molar-refractivity contribution in [3.05, 3.63) is 35.8 Å². The maximum Gasteiger partial charge on any atom is 0.319 e. The molecule has 10 heteroatoms. The molecule has 1 fully saturated rings. The van der Waals surface area contributed by atoms with Crippen LogP contribution in [0.5, 0.6) is 5.75 Å². The van der Waals surface area contributed by atoms with Gasteiger partial charge in [-0.25, -0.2) is 4.79 Å². The van der Waals surface area contributed by atoms with E-state index in [-0.39, 0.29) is 0 Å². The number of nitrogens with one attached hydrogen (secondary N) is 2. The summed E-state index contributed by atoms with van der Waals surface area (Å²) in [4.78, 5) is 16.8. The maximum absolute atomic E-state index is 12.5. The second kappa shape index (κ2) is 7.29. The highest BCUT2D eigenvalue weighted by Crippen LogP contribution is 2.38. The van der Waals surface area contributed by atoms with Crippen LogP contribution >= 0.6 is 0 Å². The van der Waals surface area contributed by atoms with Gasteiger partial charge >= 0.3 is 6.03 Å². The Bertz CT molecular complexity index is 994. The molecule has 146 valence electrons. The first-order chi connectivity index (χ1) is 13.5. The number of amides is 2. The van der Waals surface area contributed by atoms with Gasteiger partial charge in [0.25, 0.3) is 0 Å². The number of benzene rings is 1. The van der Waals surface area contributed by atoms with Gasteiger partial charge in [-0.05, 0) is 38.0 Å². The number of methoxy groups -OCH3 is 1. The van der Waals surface area contributed by atoms with E-state index >= 15 is 0 Å². The smallest absolute Gasteiger partial charge is 0.319 e. The number of hydrogen-bond donors (Lipinski definition) is 2. The molecule has 1 saturated carbocycles. The van der Waals surface area contributed by atoms with Crippen LogP contribution in [0.4, 0.5) is 10.5 Å². The summed E-state index contributed by atoms with van der Waals surface area (Å²) >= 11 is 0. The Morgan fingerprint density at radius 2 is 2.14 bits per heavy atom. The lowest BCUT2D eigenvalue weighted by Crippen LogP contribution is -2.31. The van der Waals surface area contributed by atoms with E-state index < -0.39 is 12.1 Å². The molecular formula is C18H20N6O4. The predicted octanol–water partition coefficient (Wildman–Crippen LogP) is 3.20. The Morgan fingerprint density at radius 3 is 2.82 bits per heavy atom. The number of hydrogen-bond acceptors (Lipinski definition) is 8. The van der Waals surface area contributed by atoms with Crippen LogP contribution in [0.3, 0.4) is 0 Å². The Morgan fingerprint density at radius 1 is 1.32 bits per heavy atom. The number of aromatic nitrogens is 4. The van der Waals surface area contributed by atoms with Crippen LogP contribution < -0.4 is 15.4 Å². The van der Waals surface area contributed by atoms with Crippen molar-refractivity contribution in [2.24, 2.45) is 0 Å². The third kappa shape index (κ3) is 3.80. The molecule has 2 amide bonds. The number of aryl methyl sites for hydroxylation is 1. The van der Waals surface area contributed by atoms with Crippen molar-refractivity contribution in [1.82, 2.24) is 25.7 Å². The zero-order valence-corrected chi connectivity index (χ0v) is 15.7. The van der Waals surface area contributed by atoms with Gasteiger partial charge in [0.15, 0.2) is 5.82 Å². The molecule has 2 heterocycles. The highest BCUT2D eigenvalue weighted by Gasteiger charge is 2.29. The minimum Gasteiger partial charge on any atom is -0.495 e. The van der Waals surface area contributed by atoms with Crippen LogP contribution in [0.2, 0.25) is 0 Å². The van der Waals surface area contributed by atoms with Crippen molar-refractivity contribution in [2.45, 2.75) is 38.6 Å². The lowest BCUT2D eigenvalue weighted by Gasteiger charge is -2.14. The zero-order valence-electron chi connectivity index (χ0n) is 15.7. The molecule has 0 spiro atoms. The first-order valence-corrected chi connectivity index (χ1v) is 8.93. The van der Waals surface area contributed by atoms with Crippen LogP contribution in [-0.4, -0.2) is 33.5 Å². The van der Waals surface area contributed by atoms with E-state index in [0.29, 0.717) is 46.4 Å². The molecule has 1 aliphatic carbocycles. The van der Waals surface area contributed by atoms with Gasteiger partial charge in [0.05, 0.1) is 12.8 Å². The molecule has 0 bridgehead atoms. The summed E-state index contributed by atoms with van der Waals surface area (Å²) < 4.78 is 16.0. The van der Waals surface area contributed by atoms with Gasteiger partial charge in [-0.3, -0.25) is 0 Å². The van der Waals surface area contributed by atoms with Crippen molar-refractivity contribution in [1.29, 1.82) is 0 Å². The Hall–Kier alpha value is -3.43. The van der Waals surface area contributed by atoms with Crippen LogP contribution in [0, 0.1) is 6.92 Å². The normalized spacial score (nSPS) is 14.5. The van der Waals surface area contributed by atoms with Crippen LogP contribution in [0.15, 0.2) is 27.1 Å². The zero-order chi connectivity index (χ0) is 19.7. The first-order valence-electron chi connectivity index (χ1n) is 8.93. The second-order valence-corrected chi connectivity index (χ2v) is 6.63. The quantitative estimate of drug-likeness (QED) is 0.663. The number of urea groups is 1. The van der Waals surface area contributed by atoms with Crippen molar-refractivity contribution < 1.29 is 18.5 Å². The highest BCUT2D eigenvalue weighted by atomic mass is 16.5. The molecular weight excluding hydrogens is 364 g/mol. The highest BCUT2D eigenvalue weighted by molar-refractivity contribution is 5.92. The number of rotatable bonds is 6. The van der Waals surface area contributed by atoms with E-state index in [1.807, 2.05) is 0 Å². The number of ether oxygens (including phenoxy) is 1. The summed E-state index contributed by atoms with van der Waals surface area (Å²) in [6.45, 7) is 3.48. The van der Waals surface area contributed by atoms with Gasteiger partial charge in [-0.15, -0.1) is 10.2 Å². The van der Waals surface area contributed by atoms with Crippen LogP contribution in [-0.2, 0) is 0 Å². The van der Waals surface area contributed by atoms with Gasteiger partial charge in [-0.1, -0.05) is 5.16 Å². The average molecular weight is 384 g/mol. The van der Waals surface area contributed by atoms with Crippen molar-refractivity contribution in [2.75, 3.05) is 12.4 Å². The lowest BCUT2D eigenvalue weighted by molar-refractivity contribution is 0.245. The minimum absolute atomic E-state index is 0.357. The fraction of sp³-hybridized carbons (Fsp3) is 0.389. The van der Waals surface area contributed by atoms with Crippen LogP contribution in [0.25, 0.3) is 11.5 Å². The predicted molar refractivity (Wildman–Crippen MR) is 97.9 cm³/mol. The molecule has 3 aromatic rings. The second-order valence-electron chi connectivity index (χ2n) is 6.63. The maximum atomic E-state index is 12.5. The molecule has 10 nitrogen and oxygen atoms in total. The summed E-state index contributed by atoms with van der Waals surface area (Å²) in [6.07, 6.45) is 2.16. The number of carbonyl (C=O) groups excluding carboxylic acids is 1. The molecule has 2 N–H and O–H groups in total. The molecule has 2 aromatic heterocycles. The third-order valence-electron chi connectivity index (χ3n) is 4.34. The largest absolute Gasteiger partial charge is 0.495 e. The Balaban J connectivity index is 1.46. The van der Waals surface area contributed by atoms with E-state index in [2.05, 4.69) is 31.0 Å². The van der Waals surface area contributed by atoms with Gasteiger partial charge in [0.2, 0.25) is 17.7 Å². The summed E-state index contributed by atoms with van der Waals surface area (Å²) in [7, 11) is 1.52. The van der Waals surface area contributed by atoms with E-state index in [9.17, 15) is 4.79 Å². The van der Waals surface area contributed by atoms with Crippen molar-refractivity contribution in [3.63, 3.8) is 0 Å². The van der Waals surface area contributed by atoms with Gasteiger partial charge < -0.3 is 24.3 Å². The van der Waals surface area contributed by atoms with Crippen LogP contribution in [0.1, 0.15) is 49.3 Å². The van der Waals surface area contributed by atoms with E-state index in [4.69, 9.17) is 13.7 Å². The Kier molecular flexibility index (Phi) is 4.68. The molecule has 1 atom stereocenters. The average Bonchev–Trinajstić information content (AvgIpc) is 3.23. The summed E-state index contributed by atoms with van der Waals surface area (Å²) in [5.41, 5.74) is 1.13. The van der Waals surface area contributed by atoms with Gasteiger partial charge in [0, 0.05) is 18.4 Å². The number of nitrogens with zero attached hydrogens (tertiary/aromatic N) is 4. The minimum atomic E-state index is -0.437. The molecule has 1 aliphatic rings. The van der Waals surface area contributed by atoms with E-state index in [1.54, 1.807) is 32.0 Å². The topological polar surface area (TPSA) is 128 Å². The standard InChI is InChI=1S/C18H20N6O4/c1-9(16-21-15(24-28-16)11-4-5-11)19-18(25)20-13-8-12(6-7-14(13)26-3)17-23-22-10(2)27-17/h6-9,11H,4-5H2,1-3H3,(H2,19,20,25)/t9-/m0/s1. The number of carbonyl (C=O) groups is 1. The van der Waals surface area contributed by atoms with Crippen molar-refractivity contribution in [3.8, 4) is 17.2 Å². The molecule has 4 rings (SSSR count). The first kappa shape index (κ1) is 18.0. The fourth-order valence-corrected chi connectivity index (χ4v) is 2.70. The molecule has 0 aliphatic heterocycles.